The molecule has 0 atom stereocenters. The molecule has 6 nitrogen and oxygen atoms in total. The van der Waals surface area contributed by atoms with Crippen LogP contribution in [0.4, 0.5) is 4.39 Å². The summed E-state index contributed by atoms with van der Waals surface area (Å²) in [5, 5.41) is 2.77. The molecule has 0 unspecified atom stereocenters. The molecule has 0 spiro atoms. The summed E-state index contributed by atoms with van der Waals surface area (Å²) < 4.78 is 30.0. The Kier molecular flexibility index (Phi) is 6.87. The third-order valence-corrected chi connectivity index (χ3v) is 4.50. The lowest BCUT2D eigenvalue weighted by Crippen LogP contribution is -2.22. The summed E-state index contributed by atoms with van der Waals surface area (Å²) in [5.74, 6) is 1.26. The Labute approximate surface area is 174 Å². The third-order valence-electron chi connectivity index (χ3n) is 4.50. The predicted molar refractivity (Wildman–Crippen MR) is 112 cm³/mol. The van der Waals surface area contributed by atoms with Crippen molar-refractivity contribution in [2.24, 2.45) is 5.73 Å². The van der Waals surface area contributed by atoms with E-state index in [0.717, 1.165) is 0 Å². The van der Waals surface area contributed by atoms with Gasteiger partial charge in [-0.3, -0.25) is 4.79 Å². The van der Waals surface area contributed by atoms with Gasteiger partial charge in [0.25, 0.3) is 5.91 Å². The van der Waals surface area contributed by atoms with Gasteiger partial charge in [0.15, 0.2) is 11.5 Å². The smallest absolute Gasteiger partial charge is 0.251 e. The fourth-order valence-electron chi connectivity index (χ4n) is 2.98. The highest BCUT2D eigenvalue weighted by molar-refractivity contribution is 5.94. The highest BCUT2D eigenvalue weighted by Gasteiger charge is 2.15. The molecule has 3 aromatic rings. The van der Waals surface area contributed by atoms with Crippen LogP contribution in [0.5, 0.6) is 23.0 Å². The molecule has 3 aromatic carbocycles. The molecule has 0 bridgehead atoms. The van der Waals surface area contributed by atoms with Gasteiger partial charge in [-0.2, -0.15) is 0 Å². The number of amides is 1. The summed E-state index contributed by atoms with van der Waals surface area (Å²) in [6.45, 7) is 0.418. The molecular weight excluding hydrogens is 387 g/mol. The Balaban J connectivity index is 1.82. The van der Waals surface area contributed by atoms with Crippen molar-refractivity contribution in [3.8, 4) is 23.0 Å². The minimum absolute atomic E-state index is 0.200. The lowest BCUT2D eigenvalue weighted by atomic mass is 10.1. The van der Waals surface area contributed by atoms with E-state index in [-0.39, 0.29) is 24.8 Å². The summed E-state index contributed by atoms with van der Waals surface area (Å²) in [6.07, 6.45) is 0. The number of hydrogen-bond acceptors (Lipinski definition) is 5. The Bertz CT molecular complexity index is 1040. The van der Waals surface area contributed by atoms with Crippen molar-refractivity contribution in [3.63, 3.8) is 0 Å². The minimum Gasteiger partial charge on any atom is -0.496 e. The van der Waals surface area contributed by atoms with Crippen molar-refractivity contribution >= 4 is 5.91 Å². The Morgan fingerprint density at radius 1 is 0.933 bits per heavy atom. The molecule has 30 heavy (non-hydrogen) atoms. The zero-order valence-electron chi connectivity index (χ0n) is 16.8. The van der Waals surface area contributed by atoms with E-state index in [4.69, 9.17) is 19.9 Å². The second-order valence-corrected chi connectivity index (χ2v) is 6.42. The summed E-state index contributed by atoms with van der Waals surface area (Å²) in [5.41, 5.74) is 7.59. The van der Waals surface area contributed by atoms with Crippen LogP contribution in [0.3, 0.4) is 0 Å². The molecule has 1 amide bonds. The highest BCUT2D eigenvalue weighted by atomic mass is 19.1. The van der Waals surface area contributed by atoms with Crippen LogP contribution in [0.1, 0.15) is 21.5 Å². The fraction of sp³-hybridized carbons (Fsp3) is 0.174. The minimum atomic E-state index is -0.351. The lowest BCUT2D eigenvalue weighted by molar-refractivity contribution is 0.0950. The maximum absolute atomic E-state index is 13.3. The number of nitrogens with two attached hydrogens (primary N) is 1. The number of nitrogens with one attached hydrogen (secondary N) is 1. The SMILES string of the molecule is COc1ccc(C(=O)NCc2cccc(F)c2)cc1Oc1cccc(OC)c1CN. The van der Waals surface area contributed by atoms with Crippen LogP contribution in [0.25, 0.3) is 0 Å². The number of hydrogen-bond donors (Lipinski definition) is 2. The van der Waals surface area contributed by atoms with E-state index >= 15 is 0 Å². The van der Waals surface area contributed by atoms with Crippen LogP contribution in [-0.2, 0) is 13.1 Å². The number of halogens is 1. The van der Waals surface area contributed by atoms with Gasteiger partial charge in [0.1, 0.15) is 17.3 Å². The second-order valence-electron chi connectivity index (χ2n) is 6.42. The molecule has 0 heterocycles. The Morgan fingerprint density at radius 2 is 1.67 bits per heavy atom. The molecule has 7 heteroatoms. The van der Waals surface area contributed by atoms with Crippen molar-refractivity contribution in [1.29, 1.82) is 0 Å². The number of ether oxygens (including phenoxy) is 3. The van der Waals surface area contributed by atoms with Crippen molar-refractivity contribution in [2.45, 2.75) is 13.1 Å². The van der Waals surface area contributed by atoms with Crippen LogP contribution >= 0.6 is 0 Å². The maximum Gasteiger partial charge on any atom is 0.251 e. The second kappa shape index (κ2) is 9.76. The normalized spacial score (nSPS) is 10.4. The van der Waals surface area contributed by atoms with E-state index in [1.54, 1.807) is 55.6 Å². The van der Waals surface area contributed by atoms with Crippen LogP contribution in [-0.4, -0.2) is 20.1 Å². The van der Waals surface area contributed by atoms with Crippen molar-refractivity contribution < 1.29 is 23.4 Å². The van der Waals surface area contributed by atoms with Gasteiger partial charge in [0.2, 0.25) is 0 Å². The quantitative estimate of drug-likeness (QED) is 0.586. The van der Waals surface area contributed by atoms with E-state index in [0.29, 0.717) is 39.7 Å². The monoisotopic (exact) mass is 410 g/mol. The molecule has 0 saturated carbocycles. The molecular formula is C23H23FN2O4. The van der Waals surface area contributed by atoms with Gasteiger partial charge in [-0.05, 0) is 48.0 Å². The van der Waals surface area contributed by atoms with E-state index in [1.165, 1.54) is 19.2 Å². The van der Waals surface area contributed by atoms with E-state index < -0.39 is 0 Å². The third kappa shape index (κ3) is 4.87. The maximum atomic E-state index is 13.3. The van der Waals surface area contributed by atoms with Crippen LogP contribution in [0, 0.1) is 5.82 Å². The van der Waals surface area contributed by atoms with Crippen molar-refractivity contribution in [2.75, 3.05) is 14.2 Å². The molecule has 3 N–H and O–H groups in total. The number of methoxy groups -OCH3 is 2. The number of carbonyl (C=O) groups is 1. The molecule has 0 fully saturated rings. The molecule has 0 saturated heterocycles. The number of carbonyl (C=O) groups excluding carboxylic acids is 1. The number of benzene rings is 3. The standard InChI is InChI=1S/C23H23FN2O4/c1-28-19-7-4-8-20(18(19)13-25)30-22-12-16(9-10-21(22)29-2)23(27)26-14-15-5-3-6-17(24)11-15/h3-12H,13-14,25H2,1-2H3,(H,26,27). The predicted octanol–water partition coefficient (Wildman–Crippen LogP) is 4.02. The van der Waals surface area contributed by atoms with Gasteiger partial charge in [-0.1, -0.05) is 18.2 Å². The zero-order chi connectivity index (χ0) is 21.5. The molecule has 0 radical (unpaired) electrons. The first kappa shape index (κ1) is 21.1. The first-order valence-corrected chi connectivity index (χ1v) is 9.30. The largest absolute Gasteiger partial charge is 0.496 e. The van der Waals surface area contributed by atoms with Gasteiger partial charge >= 0.3 is 0 Å². The van der Waals surface area contributed by atoms with Crippen LogP contribution in [0.15, 0.2) is 60.7 Å². The Hall–Kier alpha value is -3.58. The molecule has 0 aromatic heterocycles. The molecule has 0 aliphatic carbocycles. The zero-order valence-corrected chi connectivity index (χ0v) is 16.8. The van der Waals surface area contributed by atoms with Crippen molar-refractivity contribution in [1.82, 2.24) is 5.32 Å². The van der Waals surface area contributed by atoms with E-state index in [2.05, 4.69) is 5.32 Å². The average molecular weight is 410 g/mol. The van der Waals surface area contributed by atoms with Gasteiger partial charge in [-0.15, -0.1) is 0 Å². The first-order valence-electron chi connectivity index (χ1n) is 9.30. The molecule has 156 valence electrons. The summed E-state index contributed by atoms with van der Waals surface area (Å²) >= 11 is 0. The van der Waals surface area contributed by atoms with Gasteiger partial charge in [0, 0.05) is 18.7 Å². The summed E-state index contributed by atoms with van der Waals surface area (Å²) in [7, 11) is 3.07. The highest BCUT2D eigenvalue weighted by Crippen LogP contribution is 2.36. The Morgan fingerprint density at radius 3 is 2.37 bits per heavy atom. The summed E-state index contributed by atoms with van der Waals surface area (Å²) in [6, 6.07) is 16.3. The van der Waals surface area contributed by atoms with Crippen molar-refractivity contribution in [3.05, 3.63) is 83.2 Å². The lowest BCUT2D eigenvalue weighted by Gasteiger charge is -2.16. The van der Waals surface area contributed by atoms with Gasteiger partial charge in [-0.25, -0.2) is 4.39 Å². The molecule has 3 rings (SSSR count). The first-order chi connectivity index (χ1) is 14.5. The fourth-order valence-corrected chi connectivity index (χ4v) is 2.98. The van der Waals surface area contributed by atoms with E-state index in [1.807, 2.05) is 0 Å². The van der Waals surface area contributed by atoms with Gasteiger partial charge in [0.05, 0.1) is 19.8 Å². The van der Waals surface area contributed by atoms with Crippen LogP contribution in [0.2, 0.25) is 0 Å². The number of rotatable bonds is 8. The topological polar surface area (TPSA) is 82.8 Å². The van der Waals surface area contributed by atoms with Gasteiger partial charge < -0.3 is 25.3 Å². The average Bonchev–Trinajstić information content (AvgIpc) is 2.77. The van der Waals surface area contributed by atoms with E-state index in [9.17, 15) is 9.18 Å². The van der Waals surface area contributed by atoms with Crippen LogP contribution < -0.4 is 25.3 Å². The molecule has 0 aliphatic rings. The molecule has 0 aliphatic heterocycles. The summed E-state index contributed by atoms with van der Waals surface area (Å²) in [4.78, 5) is 12.6.